The minimum Gasteiger partial charge on any atom is -0.496 e. The molecule has 0 amide bonds. The third kappa shape index (κ3) is 4.47. The van der Waals surface area contributed by atoms with Crippen molar-refractivity contribution in [3.8, 4) is 5.75 Å². The Kier molecular flexibility index (Phi) is 6.33. The normalized spacial score (nSPS) is 22.8. The van der Waals surface area contributed by atoms with Crippen molar-refractivity contribution >= 4 is 15.9 Å². The van der Waals surface area contributed by atoms with Crippen LogP contribution in [0.4, 0.5) is 0 Å². The molecule has 2 rings (SSSR count). The van der Waals surface area contributed by atoms with Crippen LogP contribution < -0.4 is 10.1 Å². The Morgan fingerprint density at radius 2 is 2.00 bits per heavy atom. The van der Waals surface area contributed by atoms with Crippen LogP contribution in [0.2, 0.25) is 0 Å². The van der Waals surface area contributed by atoms with Gasteiger partial charge in [0.1, 0.15) is 5.75 Å². The van der Waals surface area contributed by atoms with Crippen LogP contribution >= 0.6 is 15.9 Å². The summed E-state index contributed by atoms with van der Waals surface area (Å²) < 4.78 is 12.3. The van der Waals surface area contributed by atoms with Crippen molar-refractivity contribution < 1.29 is 9.47 Å². The zero-order valence-electron chi connectivity index (χ0n) is 12.3. The van der Waals surface area contributed by atoms with Crippen LogP contribution in [0.1, 0.15) is 38.2 Å². The summed E-state index contributed by atoms with van der Waals surface area (Å²) in [7, 11) is 1.68. The Balaban J connectivity index is 1.77. The van der Waals surface area contributed by atoms with E-state index in [2.05, 4.69) is 40.3 Å². The van der Waals surface area contributed by atoms with Crippen molar-refractivity contribution in [2.75, 3.05) is 13.7 Å². The molecular formula is C16H24BrNO2. The van der Waals surface area contributed by atoms with Crippen molar-refractivity contribution in [2.45, 2.75) is 51.4 Å². The molecule has 112 valence electrons. The van der Waals surface area contributed by atoms with E-state index in [-0.39, 0.29) is 0 Å². The van der Waals surface area contributed by atoms with Gasteiger partial charge in [-0.3, -0.25) is 0 Å². The number of benzene rings is 1. The second kappa shape index (κ2) is 8.01. The van der Waals surface area contributed by atoms with Gasteiger partial charge in [-0.1, -0.05) is 13.0 Å². The standard InChI is InChI=1S/C16H24BrNO2/c1-3-18-13-5-7-14(8-6-13)20-11-12-4-9-16(19-2)15(17)10-12/h4,9-10,13-14,18H,3,5-8,11H2,1-2H3. The molecule has 1 aromatic rings. The molecule has 20 heavy (non-hydrogen) atoms. The lowest BCUT2D eigenvalue weighted by atomic mass is 9.93. The molecule has 1 aliphatic carbocycles. The zero-order valence-corrected chi connectivity index (χ0v) is 13.9. The molecule has 3 nitrogen and oxygen atoms in total. The number of ether oxygens (including phenoxy) is 2. The number of hydrogen-bond acceptors (Lipinski definition) is 3. The predicted octanol–water partition coefficient (Wildman–Crippen LogP) is 3.90. The minimum atomic E-state index is 0.408. The first kappa shape index (κ1) is 15.8. The molecule has 4 heteroatoms. The van der Waals surface area contributed by atoms with E-state index in [4.69, 9.17) is 9.47 Å². The molecule has 0 spiro atoms. The Morgan fingerprint density at radius 1 is 1.25 bits per heavy atom. The molecule has 0 aromatic heterocycles. The largest absolute Gasteiger partial charge is 0.496 e. The zero-order chi connectivity index (χ0) is 14.4. The molecule has 1 saturated carbocycles. The molecule has 0 saturated heterocycles. The van der Waals surface area contributed by atoms with E-state index >= 15 is 0 Å². The molecule has 0 radical (unpaired) electrons. The van der Waals surface area contributed by atoms with Gasteiger partial charge in [-0.05, 0) is 65.9 Å². The van der Waals surface area contributed by atoms with Crippen LogP contribution in [-0.4, -0.2) is 25.8 Å². The molecule has 0 unspecified atom stereocenters. The van der Waals surface area contributed by atoms with Gasteiger partial charge in [-0.15, -0.1) is 0 Å². The Bertz CT molecular complexity index is 417. The summed E-state index contributed by atoms with van der Waals surface area (Å²) in [5.74, 6) is 0.861. The van der Waals surface area contributed by atoms with Crippen molar-refractivity contribution in [3.05, 3.63) is 28.2 Å². The predicted molar refractivity (Wildman–Crippen MR) is 85.2 cm³/mol. The smallest absolute Gasteiger partial charge is 0.133 e. The number of nitrogens with one attached hydrogen (secondary N) is 1. The molecule has 1 fully saturated rings. The molecule has 0 bridgehead atoms. The van der Waals surface area contributed by atoms with Gasteiger partial charge in [0.25, 0.3) is 0 Å². The summed E-state index contributed by atoms with van der Waals surface area (Å²) in [5, 5.41) is 3.52. The topological polar surface area (TPSA) is 30.5 Å². The van der Waals surface area contributed by atoms with Gasteiger partial charge in [0.2, 0.25) is 0 Å². The van der Waals surface area contributed by atoms with E-state index in [1.165, 1.54) is 18.4 Å². The van der Waals surface area contributed by atoms with Crippen LogP contribution in [0.3, 0.4) is 0 Å². The Hall–Kier alpha value is -0.580. The highest BCUT2D eigenvalue weighted by molar-refractivity contribution is 9.10. The molecule has 0 heterocycles. The third-order valence-corrected chi connectivity index (χ3v) is 4.49. The summed E-state index contributed by atoms with van der Waals surface area (Å²) in [6.45, 7) is 3.92. The average Bonchev–Trinajstić information content (AvgIpc) is 2.47. The fourth-order valence-corrected chi connectivity index (χ4v) is 3.32. The van der Waals surface area contributed by atoms with Gasteiger partial charge in [-0.2, -0.15) is 0 Å². The maximum Gasteiger partial charge on any atom is 0.133 e. The van der Waals surface area contributed by atoms with Gasteiger partial charge >= 0.3 is 0 Å². The second-order valence-electron chi connectivity index (χ2n) is 5.31. The first-order valence-corrected chi connectivity index (χ1v) is 8.19. The lowest BCUT2D eigenvalue weighted by Gasteiger charge is -2.29. The molecule has 0 atom stereocenters. The quantitative estimate of drug-likeness (QED) is 0.851. The van der Waals surface area contributed by atoms with E-state index in [9.17, 15) is 0 Å². The minimum absolute atomic E-state index is 0.408. The highest BCUT2D eigenvalue weighted by Crippen LogP contribution is 2.27. The number of halogens is 1. The average molecular weight is 342 g/mol. The van der Waals surface area contributed by atoms with Gasteiger partial charge in [0.15, 0.2) is 0 Å². The van der Waals surface area contributed by atoms with E-state index in [1.807, 2.05) is 6.07 Å². The Labute approximate surface area is 130 Å². The summed E-state index contributed by atoms with van der Waals surface area (Å²) >= 11 is 3.51. The first-order valence-electron chi connectivity index (χ1n) is 7.40. The van der Waals surface area contributed by atoms with Crippen LogP contribution in [0.15, 0.2) is 22.7 Å². The highest BCUT2D eigenvalue weighted by atomic mass is 79.9. The van der Waals surface area contributed by atoms with Crippen LogP contribution in [0.25, 0.3) is 0 Å². The molecule has 1 aromatic carbocycles. The van der Waals surface area contributed by atoms with Crippen LogP contribution in [-0.2, 0) is 11.3 Å². The van der Waals surface area contributed by atoms with E-state index in [0.29, 0.717) is 18.8 Å². The van der Waals surface area contributed by atoms with Gasteiger partial charge in [-0.25, -0.2) is 0 Å². The Morgan fingerprint density at radius 3 is 2.60 bits per heavy atom. The van der Waals surface area contributed by atoms with Gasteiger partial charge in [0, 0.05) is 6.04 Å². The number of rotatable bonds is 6. The van der Waals surface area contributed by atoms with Crippen molar-refractivity contribution in [1.29, 1.82) is 0 Å². The van der Waals surface area contributed by atoms with E-state index in [1.54, 1.807) is 7.11 Å². The number of methoxy groups -OCH3 is 1. The number of hydrogen-bond donors (Lipinski definition) is 1. The summed E-state index contributed by atoms with van der Waals surface area (Å²) in [5.41, 5.74) is 1.19. The maximum absolute atomic E-state index is 6.03. The highest BCUT2D eigenvalue weighted by Gasteiger charge is 2.20. The molecule has 0 aliphatic heterocycles. The van der Waals surface area contributed by atoms with Crippen LogP contribution in [0, 0.1) is 0 Å². The fraction of sp³-hybridized carbons (Fsp3) is 0.625. The second-order valence-corrected chi connectivity index (χ2v) is 6.17. The summed E-state index contributed by atoms with van der Waals surface area (Å²) in [6, 6.07) is 6.80. The van der Waals surface area contributed by atoms with Gasteiger partial charge in [0.05, 0.1) is 24.3 Å². The van der Waals surface area contributed by atoms with E-state index in [0.717, 1.165) is 29.6 Å². The lowest BCUT2D eigenvalue weighted by molar-refractivity contribution is 0.0114. The third-order valence-electron chi connectivity index (χ3n) is 3.87. The monoisotopic (exact) mass is 341 g/mol. The SMILES string of the molecule is CCNC1CCC(OCc2ccc(OC)c(Br)c2)CC1. The van der Waals surface area contributed by atoms with Crippen molar-refractivity contribution in [2.24, 2.45) is 0 Å². The van der Waals surface area contributed by atoms with Gasteiger partial charge < -0.3 is 14.8 Å². The summed E-state index contributed by atoms with van der Waals surface area (Å²) in [4.78, 5) is 0. The molecule has 1 aliphatic rings. The first-order chi connectivity index (χ1) is 9.72. The maximum atomic E-state index is 6.03. The summed E-state index contributed by atoms with van der Waals surface area (Å²) in [6.07, 6.45) is 5.19. The molecule has 1 N–H and O–H groups in total. The molecular weight excluding hydrogens is 318 g/mol. The van der Waals surface area contributed by atoms with Crippen LogP contribution in [0.5, 0.6) is 5.75 Å². The van der Waals surface area contributed by atoms with Crippen molar-refractivity contribution in [1.82, 2.24) is 5.32 Å². The van der Waals surface area contributed by atoms with E-state index < -0.39 is 0 Å². The fourth-order valence-electron chi connectivity index (χ4n) is 2.74. The lowest BCUT2D eigenvalue weighted by Crippen LogP contribution is -2.35. The van der Waals surface area contributed by atoms with Crippen molar-refractivity contribution in [3.63, 3.8) is 0 Å².